The van der Waals surface area contributed by atoms with Crippen molar-refractivity contribution in [2.75, 3.05) is 52.5 Å². The molecule has 7 nitrogen and oxygen atoms in total. The highest BCUT2D eigenvalue weighted by atomic mass is 16.5. The van der Waals surface area contributed by atoms with E-state index in [1.807, 2.05) is 0 Å². The van der Waals surface area contributed by atoms with Gasteiger partial charge in [0.15, 0.2) is 6.04 Å². The van der Waals surface area contributed by atoms with Gasteiger partial charge >= 0.3 is 12.0 Å². The van der Waals surface area contributed by atoms with E-state index in [0.29, 0.717) is 32.2 Å². The second-order valence-corrected chi connectivity index (χ2v) is 6.09. The van der Waals surface area contributed by atoms with Crippen molar-refractivity contribution >= 4 is 12.0 Å². The normalized spacial score (nSPS) is 24.4. The molecule has 120 valence electrons. The molecule has 2 aliphatic rings. The summed E-state index contributed by atoms with van der Waals surface area (Å²) in [5.74, 6) is -0.385. The first kappa shape index (κ1) is 16.0. The van der Waals surface area contributed by atoms with Crippen LogP contribution in [0, 0.1) is 5.92 Å². The van der Waals surface area contributed by atoms with Gasteiger partial charge in [-0.25, -0.2) is 9.59 Å². The van der Waals surface area contributed by atoms with Gasteiger partial charge in [0.05, 0.1) is 13.2 Å². The van der Waals surface area contributed by atoms with Crippen LogP contribution >= 0.6 is 0 Å². The second-order valence-electron chi connectivity index (χ2n) is 6.09. The van der Waals surface area contributed by atoms with Gasteiger partial charge in [-0.3, -0.25) is 4.90 Å². The van der Waals surface area contributed by atoms with E-state index in [-0.39, 0.29) is 12.6 Å². The summed E-state index contributed by atoms with van der Waals surface area (Å²) in [4.78, 5) is 29.3. The monoisotopic (exact) mass is 299 g/mol. The molecule has 2 amide bonds. The summed E-state index contributed by atoms with van der Waals surface area (Å²) in [6.07, 6.45) is 0. The number of carboxylic acid groups (broad SMARTS) is 1. The topological polar surface area (TPSA) is 73.3 Å². The second kappa shape index (κ2) is 7.09. The van der Waals surface area contributed by atoms with Crippen LogP contribution < -0.4 is 0 Å². The highest BCUT2D eigenvalue weighted by molar-refractivity contribution is 5.83. The Morgan fingerprint density at radius 3 is 2.43 bits per heavy atom. The molecule has 2 saturated heterocycles. The zero-order valence-electron chi connectivity index (χ0n) is 12.8. The van der Waals surface area contributed by atoms with E-state index in [1.165, 1.54) is 4.90 Å². The van der Waals surface area contributed by atoms with Gasteiger partial charge in [0.25, 0.3) is 0 Å². The van der Waals surface area contributed by atoms with E-state index >= 15 is 0 Å². The molecule has 0 bridgehead atoms. The average molecular weight is 299 g/mol. The Morgan fingerprint density at radius 2 is 1.86 bits per heavy atom. The van der Waals surface area contributed by atoms with Crippen molar-refractivity contribution in [3.63, 3.8) is 0 Å². The molecule has 1 unspecified atom stereocenters. The van der Waals surface area contributed by atoms with Crippen LogP contribution in [0.25, 0.3) is 0 Å². The van der Waals surface area contributed by atoms with Crippen LogP contribution in [0.5, 0.6) is 0 Å². The van der Waals surface area contributed by atoms with Crippen LogP contribution in [0.3, 0.4) is 0 Å². The number of ether oxygens (including phenoxy) is 1. The lowest BCUT2D eigenvalue weighted by Gasteiger charge is -2.40. The molecule has 0 aromatic rings. The largest absolute Gasteiger partial charge is 0.480 e. The van der Waals surface area contributed by atoms with Crippen molar-refractivity contribution in [2.45, 2.75) is 19.9 Å². The molecule has 7 heteroatoms. The number of hydrogen-bond acceptors (Lipinski definition) is 4. The Labute approximate surface area is 125 Å². The van der Waals surface area contributed by atoms with Crippen molar-refractivity contribution in [1.29, 1.82) is 0 Å². The molecular weight excluding hydrogens is 274 g/mol. The van der Waals surface area contributed by atoms with Crippen molar-refractivity contribution in [3.8, 4) is 0 Å². The quantitative estimate of drug-likeness (QED) is 0.804. The maximum atomic E-state index is 12.5. The summed E-state index contributed by atoms with van der Waals surface area (Å²) >= 11 is 0. The highest BCUT2D eigenvalue weighted by Gasteiger charge is 2.35. The lowest BCUT2D eigenvalue weighted by atomic mass is 10.2. The van der Waals surface area contributed by atoms with Crippen molar-refractivity contribution in [3.05, 3.63) is 0 Å². The van der Waals surface area contributed by atoms with Gasteiger partial charge in [0.1, 0.15) is 0 Å². The molecule has 1 N–H and O–H groups in total. The van der Waals surface area contributed by atoms with E-state index in [4.69, 9.17) is 4.74 Å². The summed E-state index contributed by atoms with van der Waals surface area (Å²) < 4.78 is 5.17. The third-order valence-corrected chi connectivity index (χ3v) is 3.93. The number of aliphatic carboxylic acids is 1. The number of rotatable bonds is 3. The Balaban J connectivity index is 1.90. The number of carboxylic acids is 1. The smallest absolute Gasteiger partial charge is 0.328 e. The molecular formula is C14H25N3O4. The summed E-state index contributed by atoms with van der Waals surface area (Å²) in [7, 11) is 0. The summed E-state index contributed by atoms with van der Waals surface area (Å²) in [5, 5.41) is 9.20. The van der Waals surface area contributed by atoms with Gasteiger partial charge in [0.2, 0.25) is 0 Å². The number of carbonyl (C=O) groups excluding carboxylic acids is 1. The Bertz CT molecular complexity index is 380. The minimum absolute atomic E-state index is 0.0778. The minimum atomic E-state index is -0.999. The summed E-state index contributed by atoms with van der Waals surface area (Å²) in [6.45, 7) is 9.27. The maximum absolute atomic E-state index is 12.5. The number of amides is 2. The van der Waals surface area contributed by atoms with E-state index in [2.05, 4.69) is 18.7 Å². The first-order valence-corrected chi connectivity index (χ1v) is 7.57. The molecule has 2 rings (SSSR count). The average Bonchev–Trinajstić information content (AvgIpc) is 2.46. The van der Waals surface area contributed by atoms with Crippen LogP contribution in [-0.2, 0) is 9.53 Å². The first-order chi connectivity index (χ1) is 9.99. The fourth-order valence-electron chi connectivity index (χ4n) is 2.86. The van der Waals surface area contributed by atoms with E-state index < -0.39 is 12.0 Å². The van der Waals surface area contributed by atoms with Crippen molar-refractivity contribution in [2.24, 2.45) is 5.92 Å². The Morgan fingerprint density at radius 1 is 1.19 bits per heavy atom. The van der Waals surface area contributed by atoms with Crippen LogP contribution in [-0.4, -0.2) is 90.3 Å². The van der Waals surface area contributed by atoms with Crippen molar-refractivity contribution in [1.82, 2.24) is 14.7 Å². The van der Waals surface area contributed by atoms with Gasteiger partial charge in [-0.05, 0) is 5.92 Å². The molecule has 1 atom stereocenters. The van der Waals surface area contributed by atoms with E-state index in [1.54, 1.807) is 4.90 Å². The molecule has 2 fully saturated rings. The fraction of sp³-hybridized carbons (Fsp3) is 0.857. The third-order valence-electron chi connectivity index (χ3n) is 3.93. The predicted molar refractivity (Wildman–Crippen MR) is 77.2 cm³/mol. The SMILES string of the molecule is CC(C)CN1CCN(C(=O)N2CCOCC2C(=O)O)CC1. The minimum Gasteiger partial charge on any atom is -0.480 e. The molecule has 0 radical (unpaired) electrons. The molecule has 0 aromatic heterocycles. The van der Waals surface area contributed by atoms with Crippen LogP contribution in [0.1, 0.15) is 13.8 Å². The predicted octanol–water partition coefficient (Wildman–Crippen LogP) is 0.165. The fourth-order valence-corrected chi connectivity index (χ4v) is 2.86. The number of piperazine rings is 1. The zero-order valence-corrected chi connectivity index (χ0v) is 12.8. The highest BCUT2D eigenvalue weighted by Crippen LogP contribution is 2.13. The van der Waals surface area contributed by atoms with Gasteiger partial charge in [0, 0.05) is 39.3 Å². The van der Waals surface area contributed by atoms with Crippen LogP contribution in [0.2, 0.25) is 0 Å². The molecule has 0 spiro atoms. The van der Waals surface area contributed by atoms with Gasteiger partial charge in [-0.15, -0.1) is 0 Å². The molecule has 2 heterocycles. The number of urea groups is 1. The summed E-state index contributed by atoms with van der Waals surface area (Å²) in [6, 6.07) is -1.03. The number of carbonyl (C=O) groups is 2. The first-order valence-electron chi connectivity index (χ1n) is 7.57. The van der Waals surface area contributed by atoms with Gasteiger partial charge < -0.3 is 19.6 Å². The maximum Gasteiger partial charge on any atom is 0.328 e. The molecule has 0 aromatic carbocycles. The molecule has 0 aliphatic carbocycles. The third kappa shape index (κ3) is 4.07. The number of morpholine rings is 1. The molecule has 0 saturated carbocycles. The number of nitrogens with zero attached hydrogens (tertiary/aromatic N) is 3. The Kier molecular flexibility index (Phi) is 5.41. The van der Waals surface area contributed by atoms with Crippen molar-refractivity contribution < 1.29 is 19.4 Å². The van der Waals surface area contributed by atoms with E-state index in [9.17, 15) is 14.7 Å². The van der Waals surface area contributed by atoms with Gasteiger partial charge in [-0.2, -0.15) is 0 Å². The zero-order chi connectivity index (χ0) is 15.4. The number of hydrogen-bond donors (Lipinski definition) is 1. The lowest BCUT2D eigenvalue weighted by Crippen LogP contribution is -2.59. The van der Waals surface area contributed by atoms with Gasteiger partial charge in [-0.1, -0.05) is 13.8 Å². The van der Waals surface area contributed by atoms with Crippen LogP contribution in [0.4, 0.5) is 4.79 Å². The summed E-state index contributed by atoms with van der Waals surface area (Å²) in [5.41, 5.74) is 0. The molecule has 21 heavy (non-hydrogen) atoms. The standard InChI is InChI=1S/C14H25N3O4/c1-11(2)9-15-3-5-16(6-4-15)14(20)17-7-8-21-10-12(17)13(18)19/h11-12H,3-10H2,1-2H3,(H,18,19). The van der Waals surface area contributed by atoms with Crippen LogP contribution in [0.15, 0.2) is 0 Å². The molecule has 2 aliphatic heterocycles. The van der Waals surface area contributed by atoms with E-state index in [0.717, 1.165) is 19.6 Å². The lowest BCUT2D eigenvalue weighted by molar-refractivity contribution is -0.147. The Hall–Kier alpha value is -1.34.